The molecule has 0 aliphatic rings. The molecule has 2 atom stereocenters. The average molecular weight is 341 g/mol. The third-order valence-electron chi connectivity index (χ3n) is 3.18. The van der Waals surface area contributed by atoms with Gasteiger partial charge in [-0.3, -0.25) is 4.79 Å². The van der Waals surface area contributed by atoms with Crippen LogP contribution in [0.15, 0.2) is 30.3 Å². The van der Waals surface area contributed by atoms with Gasteiger partial charge >= 0.3 is 6.18 Å². The fourth-order valence-corrected chi connectivity index (χ4v) is 1.87. The molecule has 1 rings (SSSR count). The van der Waals surface area contributed by atoms with Gasteiger partial charge in [-0.25, -0.2) is 0 Å². The molecule has 0 spiro atoms. The van der Waals surface area contributed by atoms with Crippen LogP contribution in [-0.2, 0) is 10.4 Å². The van der Waals surface area contributed by atoms with Crippen molar-refractivity contribution in [1.82, 2.24) is 5.32 Å². The summed E-state index contributed by atoms with van der Waals surface area (Å²) in [4.78, 5) is 11.6. The molecule has 0 saturated carbocycles. The van der Waals surface area contributed by atoms with Crippen LogP contribution in [0.3, 0.4) is 0 Å². The van der Waals surface area contributed by atoms with Crippen LogP contribution in [0.4, 0.5) is 13.2 Å². The van der Waals surface area contributed by atoms with E-state index in [4.69, 9.17) is 5.73 Å². The lowest BCUT2D eigenvalue weighted by Crippen LogP contribution is -2.53. The van der Waals surface area contributed by atoms with Gasteiger partial charge in [-0.05, 0) is 12.0 Å². The Morgan fingerprint density at radius 3 is 2.32 bits per heavy atom. The van der Waals surface area contributed by atoms with E-state index in [1.54, 1.807) is 0 Å². The molecule has 8 heteroatoms. The van der Waals surface area contributed by atoms with Gasteiger partial charge in [0.1, 0.15) is 0 Å². The molecule has 4 N–H and O–H groups in total. The summed E-state index contributed by atoms with van der Waals surface area (Å²) < 4.78 is 39.5. The third-order valence-corrected chi connectivity index (χ3v) is 3.18. The van der Waals surface area contributed by atoms with Crippen LogP contribution in [0.2, 0.25) is 0 Å². The number of aliphatic hydroxyl groups is 1. The molecule has 4 nitrogen and oxygen atoms in total. The van der Waals surface area contributed by atoms with Crippen LogP contribution in [0.5, 0.6) is 0 Å². The summed E-state index contributed by atoms with van der Waals surface area (Å²) in [7, 11) is 0. The molecule has 0 saturated heterocycles. The molecule has 1 aromatic rings. The summed E-state index contributed by atoms with van der Waals surface area (Å²) in [5.41, 5.74) is 2.06. The molecule has 0 heterocycles. The summed E-state index contributed by atoms with van der Waals surface area (Å²) in [6.07, 6.45) is -3.92. The summed E-state index contributed by atoms with van der Waals surface area (Å²) in [5.74, 6) is -0.713. The zero-order valence-electron chi connectivity index (χ0n) is 12.1. The summed E-state index contributed by atoms with van der Waals surface area (Å²) >= 11 is 0. The van der Waals surface area contributed by atoms with E-state index in [1.807, 2.05) is 6.92 Å². The van der Waals surface area contributed by atoms with Gasteiger partial charge < -0.3 is 16.2 Å². The minimum Gasteiger partial charge on any atom is -0.375 e. The second-order valence-electron chi connectivity index (χ2n) is 4.84. The van der Waals surface area contributed by atoms with Crippen molar-refractivity contribution in [3.05, 3.63) is 35.9 Å². The van der Waals surface area contributed by atoms with E-state index in [9.17, 15) is 23.1 Å². The number of rotatable bonds is 6. The number of nitrogens with one attached hydrogen (secondary N) is 1. The second-order valence-corrected chi connectivity index (χ2v) is 4.84. The van der Waals surface area contributed by atoms with E-state index in [-0.39, 0.29) is 18.0 Å². The zero-order chi connectivity index (χ0) is 16.1. The number of carbonyl (C=O) groups is 1. The molecule has 0 bridgehead atoms. The summed E-state index contributed by atoms with van der Waals surface area (Å²) in [5, 5.41) is 12.1. The van der Waals surface area contributed by atoms with Gasteiger partial charge in [0.2, 0.25) is 11.5 Å². The quantitative estimate of drug-likeness (QED) is 0.742. The van der Waals surface area contributed by atoms with Gasteiger partial charge in [-0.15, -0.1) is 12.4 Å². The van der Waals surface area contributed by atoms with E-state index in [0.29, 0.717) is 12.8 Å². The van der Waals surface area contributed by atoms with Crippen LogP contribution in [-0.4, -0.2) is 29.8 Å². The number of hydrogen-bond acceptors (Lipinski definition) is 3. The molecule has 1 amide bonds. The molecule has 2 unspecified atom stereocenters. The van der Waals surface area contributed by atoms with Crippen molar-refractivity contribution in [2.45, 2.75) is 37.6 Å². The predicted octanol–water partition coefficient (Wildman–Crippen LogP) is 2.10. The van der Waals surface area contributed by atoms with E-state index < -0.39 is 30.3 Å². The minimum absolute atomic E-state index is 0. The van der Waals surface area contributed by atoms with Crippen LogP contribution >= 0.6 is 12.4 Å². The molecule has 0 aliphatic carbocycles. The Balaban J connectivity index is 0.00000441. The largest absolute Gasteiger partial charge is 0.423 e. The third kappa shape index (κ3) is 4.86. The first-order valence-corrected chi connectivity index (χ1v) is 6.60. The van der Waals surface area contributed by atoms with E-state index >= 15 is 0 Å². The first kappa shape index (κ1) is 20.7. The van der Waals surface area contributed by atoms with Crippen molar-refractivity contribution in [1.29, 1.82) is 0 Å². The highest BCUT2D eigenvalue weighted by molar-refractivity contribution is 5.85. The average Bonchev–Trinajstić information content (AvgIpc) is 2.44. The van der Waals surface area contributed by atoms with Crippen molar-refractivity contribution < 1.29 is 23.1 Å². The van der Waals surface area contributed by atoms with Gasteiger partial charge in [0, 0.05) is 0 Å². The lowest BCUT2D eigenvalue weighted by atomic mass is 9.93. The van der Waals surface area contributed by atoms with Crippen molar-refractivity contribution in [2.75, 3.05) is 6.54 Å². The maximum atomic E-state index is 13.2. The molecular weight excluding hydrogens is 321 g/mol. The Kier molecular flexibility index (Phi) is 7.86. The first-order valence-electron chi connectivity index (χ1n) is 6.60. The molecular formula is C14H20ClF3N2O2. The lowest BCUT2D eigenvalue weighted by Gasteiger charge is -2.31. The number of nitrogens with two attached hydrogens (primary N) is 1. The standard InChI is InChI=1S/C14H19F3N2O2.ClH/c1-2-6-11(18)12(20)19-9-13(21,14(15,16)17)10-7-4-3-5-8-10;/h3-5,7-8,11,21H,2,6,9,18H2,1H3,(H,19,20);1H. The van der Waals surface area contributed by atoms with E-state index in [1.165, 1.54) is 18.2 Å². The Morgan fingerprint density at radius 1 is 1.32 bits per heavy atom. The van der Waals surface area contributed by atoms with Crippen molar-refractivity contribution in [2.24, 2.45) is 5.73 Å². The Hall–Kier alpha value is -1.31. The maximum absolute atomic E-state index is 13.2. The highest BCUT2D eigenvalue weighted by Gasteiger charge is 2.55. The number of alkyl halides is 3. The molecule has 0 radical (unpaired) electrons. The van der Waals surface area contributed by atoms with Gasteiger partial charge in [0.15, 0.2) is 0 Å². The fourth-order valence-electron chi connectivity index (χ4n) is 1.87. The van der Waals surface area contributed by atoms with Crippen molar-refractivity contribution >= 4 is 18.3 Å². The smallest absolute Gasteiger partial charge is 0.375 e. The molecule has 1 aromatic carbocycles. The summed E-state index contributed by atoms with van der Waals surface area (Å²) in [6, 6.07) is 5.74. The summed E-state index contributed by atoms with van der Waals surface area (Å²) in [6.45, 7) is 0.833. The topological polar surface area (TPSA) is 75.4 Å². The molecule has 126 valence electrons. The zero-order valence-corrected chi connectivity index (χ0v) is 12.9. The van der Waals surface area contributed by atoms with Gasteiger partial charge in [-0.2, -0.15) is 13.2 Å². The van der Waals surface area contributed by atoms with E-state index in [0.717, 1.165) is 12.1 Å². The molecule has 0 aromatic heterocycles. The second kappa shape index (κ2) is 8.36. The highest BCUT2D eigenvalue weighted by Crippen LogP contribution is 2.38. The molecule has 0 aliphatic heterocycles. The van der Waals surface area contributed by atoms with Gasteiger partial charge in [0.05, 0.1) is 12.6 Å². The van der Waals surface area contributed by atoms with Crippen LogP contribution < -0.4 is 11.1 Å². The Morgan fingerprint density at radius 2 is 1.86 bits per heavy atom. The number of halogens is 4. The van der Waals surface area contributed by atoms with Crippen molar-refractivity contribution in [3.8, 4) is 0 Å². The van der Waals surface area contributed by atoms with Crippen LogP contribution in [0.25, 0.3) is 0 Å². The van der Waals surface area contributed by atoms with Crippen LogP contribution in [0.1, 0.15) is 25.3 Å². The van der Waals surface area contributed by atoms with Gasteiger partial charge in [0.25, 0.3) is 0 Å². The number of hydrogen-bond donors (Lipinski definition) is 3. The van der Waals surface area contributed by atoms with Crippen molar-refractivity contribution in [3.63, 3.8) is 0 Å². The lowest BCUT2D eigenvalue weighted by molar-refractivity contribution is -0.264. The number of benzene rings is 1. The van der Waals surface area contributed by atoms with Gasteiger partial charge in [-0.1, -0.05) is 43.7 Å². The Labute approximate surface area is 133 Å². The number of carbonyl (C=O) groups excluding carboxylic acids is 1. The SMILES string of the molecule is CCCC(N)C(=O)NCC(O)(c1ccccc1)C(F)(F)F.Cl. The minimum atomic E-state index is -4.92. The normalized spacial score (nSPS) is 15.4. The first-order chi connectivity index (χ1) is 9.72. The predicted molar refractivity (Wildman–Crippen MR) is 79.5 cm³/mol. The molecule has 22 heavy (non-hydrogen) atoms. The molecule has 0 fully saturated rings. The van der Waals surface area contributed by atoms with Crippen LogP contribution in [0, 0.1) is 0 Å². The highest BCUT2D eigenvalue weighted by atomic mass is 35.5. The number of amides is 1. The maximum Gasteiger partial charge on any atom is 0.423 e. The van der Waals surface area contributed by atoms with E-state index in [2.05, 4.69) is 5.32 Å². The Bertz CT molecular complexity index is 471. The fraction of sp³-hybridized carbons (Fsp3) is 0.500. The monoisotopic (exact) mass is 340 g/mol.